The summed E-state index contributed by atoms with van der Waals surface area (Å²) in [5.41, 5.74) is 1.72. The number of carbonyl (C=O) groups is 2. The van der Waals surface area contributed by atoms with Crippen LogP contribution in [0, 0.1) is 11.7 Å². The van der Waals surface area contributed by atoms with E-state index in [9.17, 15) is 14.0 Å². The van der Waals surface area contributed by atoms with Crippen LogP contribution in [-0.2, 0) is 11.8 Å². The SMILES string of the molecule is Cn1nc2ccccc2c1C(=O)NC1CCC(C(=O)Nc2ccc(F)cc2Cl)CC1. The van der Waals surface area contributed by atoms with Crippen molar-refractivity contribution in [2.75, 3.05) is 5.32 Å². The maximum atomic E-state index is 13.2. The fourth-order valence-electron chi connectivity index (χ4n) is 4.00. The van der Waals surface area contributed by atoms with Crippen molar-refractivity contribution in [2.45, 2.75) is 31.7 Å². The molecular weight excluding hydrogens is 407 g/mol. The molecule has 1 fully saturated rings. The Morgan fingerprint density at radius 1 is 1.13 bits per heavy atom. The fraction of sp³-hybridized carbons (Fsp3) is 0.318. The van der Waals surface area contributed by atoms with Crippen molar-refractivity contribution in [3.63, 3.8) is 0 Å². The Labute approximate surface area is 178 Å². The molecule has 4 rings (SSSR count). The third kappa shape index (κ3) is 4.16. The number of rotatable bonds is 4. The van der Waals surface area contributed by atoms with Gasteiger partial charge in [0.2, 0.25) is 5.91 Å². The molecule has 0 atom stereocenters. The van der Waals surface area contributed by atoms with Gasteiger partial charge in [-0.15, -0.1) is 0 Å². The molecular formula is C22H22ClFN4O2. The van der Waals surface area contributed by atoms with Gasteiger partial charge < -0.3 is 10.6 Å². The lowest BCUT2D eigenvalue weighted by Crippen LogP contribution is -2.40. The van der Waals surface area contributed by atoms with Crippen LogP contribution in [-0.4, -0.2) is 27.6 Å². The third-order valence-electron chi connectivity index (χ3n) is 5.58. The van der Waals surface area contributed by atoms with Crippen molar-refractivity contribution < 1.29 is 14.0 Å². The normalized spacial score (nSPS) is 18.9. The zero-order valence-electron chi connectivity index (χ0n) is 16.5. The number of carbonyl (C=O) groups excluding carboxylic acids is 2. The summed E-state index contributed by atoms with van der Waals surface area (Å²) >= 11 is 5.99. The molecule has 8 heteroatoms. The summed E-state index contributed by atoms with van der Waals surface area (Å²) in [7, 11) is 1.76. The number of hydrogen-bond acceptors (Lipinski definition) is 3. The van der Waals surface area contributed by atoms with E-state index in [1.165, 1.54) is 18.2 Å². The predicted octanol–water partition coefficient (Wildman–Crippen LogP) is 4.29. The van der Waals surface area contributed by atoms with E-state index in [-0.39, 0.29) is 28.8 Å². The second kappa shape index (κ2) is 8.44. The van der Waals surface area contributed by atoms with Gasteiger partial charge in [-0.3, -0.25) is 14.3 Å². The minimum atomic E-state index is -0.449. The topological polar surface area (TPSA) is 76.0 Å². The van der Waals surface area contributed by atoms with Gasteiger partial charge >= 0.3 is 0 Å². The number of anilines is 1. The van der Waals surface area contributed by atoms with Gasteiger partial charge in [0.25, 0.3) is 5.91 Å². The molecule has 2 aromatic carbocycles. The molecule has 1 saturated carbocycles. The first-order valence-electron chi connectivity index (χ1n) is 9.91. The monoisotopic (exact) mass is 428 g/mol. The van der Waals surface area contributed by atoms with Gasteiger partial charge in [-0.05, 0) is 49.9 Å². The second-order valence-corrected chi connectivity index (χ2v) is 8.03. The molecule has 0 saturated heterocycles. The molecule has 0 unspecified atom stereocenters. The summed E-state index contributed by atoms with van der Waals surface area (Å²) in [6.45, 7) is 0. The van der Waals surface area contributed by atoms with E-state index in [1.807, 2.05) is 24.3 Å². The first kappa shape index (κ1) is 20.3. The zero-order valence-corrected chi connectivity index (χ0v) is 17.2. The van der Waals surface area contributed by atoms with Gasteiger partial charge in [-0.1, -0.05) is 29.8 Å². The first-order chi connectivity index (χ1) is 14.4. The molecule has 1 aliphatic carbocycles. The summed E-state index contributed by atoms with van der Waals surface area (Å²) in [6, 6.07) is 11.4. The first-order valence-corrected chi connectivity index (χ1v) is 10.3. The van der Waals surface area contributed by atoms with E-state index in [0.717, 1.165) is 10.9 Å². The van der Waals surface area contributed by atoms with E-state index >= 15 is 0 Å². The minimum absolute atomic E-state index is 0.00428. The van der Waals surface area contributed by atoms with Crippen LogP contribution < -0.4 is 10.6 Å². The van der Waals surface area contributed by atoms with Crippen molar-refractivity contribution in [3.8, 4) is 0 Å². The smallest absolute Gasteiger partial charge is 0.270 e. The molecule has 3 aromatic rings. The van der Waals surface area contributed by atoms with Crippen molar-refractivity contribution in [2.24, 2.45) is 13.0 Å². The van der Waals surface area contributed by atoms with E-state index in [4.69, 9.17) is 11.6 Å². The number of halogens is 2. The van der Waals surface area contributed by atoms with Crippen molar-refractivity contribution in [3.05, 3.63) is 59.0 Å². The highest BCUT2D eigenvalue weighted by atomic mass is 35.5. The molecule has 6 nitrogen and oxygen atoms in total. The Morgan fingerprint density at radius 3 is 2.60 bits per heavy atom. The van der Waals surface area contributed by atoms with Crippen LogP contribution in [0.5, 0.6) is 0 Å². The largest absolute Gasteiger partial charge is 0.348 e. The number of aryl methyl sites for hydroxylation is 1. The van der Waals surface area contributed by atoms with Crippen molar-refractivity contribution >= 4 is 40.0 Å². The lowest BCUT2D eigenvalue weighted by atomic mass is 9.85. The summed E-state index contributed by atoms with van der Waals surface area (Å²) in [4.78, 5) is 25.4. The van der Waals surface area contributed by atoms with E-state index < -0.39 is 5.82 Å². The van der Waals surface area contributed by atoms with Gasteiger partial charge in [-0.2, -0.15) is 5.10 Å². The number of aromatic nitrogens is 2. The quantitative estimate of drug-likeness (QED) is 0.650. The lowest BCUT2D eigenvalue weighted by Gasteiger charge is -2.28. The summed E-state index contributed by atoms with van der Waals surface area (Å²) in [6.07, 6.45) is 2.72. The standard InChI is InChI=1S/C22H22ClFN4O2/c1-28-20(16-4-2-3-5-18(16)27-28)22(30)25-15-9-6-13(7-10-15)21(29)26-19-11-8-14(24)12-17(19)23/h2-5,8,11-13,15H,6-7,9-10H2,1H3,(H,25,30)(H,26,29). The van der Waals surface area contributed by atoms with Gasteiger partial charge in [0.05, 0.1) is 16.2 Å². The molecule has 156 valence electrons. The fourth-order valence-corrected chi connectivity index (χ4v) is 4.21. The highest BCUT2D eigenvalue weighted by molar-refractivity contribution is 6.33. The number of nitrogens with one attached hydrogen (secondary N) is 2. The third-order valence-corrected chi connectivity index (χ3v) is 5.89. The molecule has 2 amide bonds. The zero-order chi connectivity index (χ0) is 21.3. The molecule has 1 heterocycles. The molecule has 0 radical (unpaired) electrons. The van der Waals surface area contributed by atoms with Crippen LogP contribution >= 0.6 is 11.6 Å². The van der Waals surface area contributed by atoms with Crippen LogP contribution in [0.2, 0.25) is 5.02 Å². The number of benzene rings is 2. The summed E-state index contributed by atoms with van der Waals surface area (Å²) < 4.78 is 14.8. The van der Waals surface area contributed by atoms with E-state index in [2.05, 4.69) is 15.7 Å². The maximum absolute atomic E-state index is 13.2. The van der Waals surface area contributed by atoms with Gasteiger partial charge in [0.1, 0.15) is 11.5 Å². The maximum Gasteiger partial charge on any atom is 0.270 e. The summed E-state index contributed by atoms with van der Waals surface area (Å²) in [5.74, 6) is -0.907. The van der Waals surface area contributed by atoms with Crippen molar-refractivity contribution in [1.82, 2.24) is 15.1 Å². The van der Waals surface area contributed by atoms with E-state index in [1.54, 1.807) is 11.7 Å². The highest BCUT2D eigenvalue weighted by Gasteiger charge is 2.28. The molecule has 0 aliphatic heterocycles. The molecule has 1 aromatic heterocycles. The second-order valence-electron chi connectivity index (χ2n) is 7.62. The predicted molar refractivity (Wildman–Crippen MR) is 114 cm³/mol. The molecule has 1 aliphatic rings. The Hall–Kier alpha value is -2.93. The molecule has 0 spiro atoms. The average Bonchev–Trinajstić information content (AvgIpc) is 3.06. The number of amides is 2. The Balaban J connectivity index is 1.34. The molecule has 30 heavy (non-hydrogen) atoms. The van der Waals surface area contributed by atoms with Gasteiger partial charge in [0, 0.05) is 24.4 Å². The number of hydrogen-bond donors (Lipinski definition) is 2. The molecule has 0 bridgehead atoms. The molecule has 2 N–H and O–H groups in total. The number of nitrogens with zero attached hydrogens (tertiary/aromatic N) is 2. The van der Waals surface area contributed by atoms with Crippen LogP contribution in [0.4, 0.5) is 10.1 Å². The van der Waals surface area contributed by atoms with Crippen LogP contribution in [0.25, 0.3) is 10.9 Å². The van der Waals surface area contributed by atoms with Crippen LogP contribution in [0.3, 0.4) is 0 Å². The highest BCUT2D eigenvalue weighted by Crippen LogP contribution is 2.28. The number of fused-ring (bicyclic) bond motifs is 1. The lowest BCUT2D eigenvalue weighted by molar-refractivity contribution is -0.120. The Kier molecular flexibility index (Phi) is 5.72. The minimum Gasteiger partial charge on any atom is -0.348 e. The van der Waals surface area contributed by atoms with Crippen LogP contribution in [0.15, 0.2) is 42.5 Å². The Bertz CT molecular complexity index is 1110. The average molecular weight is 429 g/mol. The van der Waals surface area contributed by atoms with E-state index in [0.29, 0.717) is 37.1 Å². The van der Waals surface area contributed by atoms with Crippen LogP contribution in [0.1, 0.15) is 36.2 Å². The van der Waals surface area contributed by atoms with Crippen molar-refractivity contribution in [1.29, 1.82) is 0 Å². The Morgan fingerprint density at radius 2 is 1.87 bits per heavy atom. The summed E-state index contributed by atoms with van der Waals surface area (Å²) in [5, 5.41) is 11.2. The van der Waals surface area contributed by atoms with Gasteiger partial charge in [0.15, 0.2) is 0 Å². The van der Waals surface area contributed by atoms with Gasteiger partial charge in [-0.25, -0.2) is 4.39 Å².